The summed E-state index contributed by atoms with van der Waals surface area (Å²) in [5.74, 6) is -0.251. The summed E-state index contributed by atoms with van der Waals surface area (Å²) in [4.78, 5) is 26.2. The van der Waals surface area contributed by atoms with Gasteiger partial charge in [-0.05, 0) is 73.7 Å². The molecule has 2 heterocycles. The van der Waals surface area contributed by atoms with Crippen LogP contribution in [0.25, 0.3) is 16.6 Å². The van der Waals surface area contributed by atoms with Gasteiger partial charge in [0.2, 0.25) is 0 Å². The topological polar surface area (TPSA) is 117 Å². The van der Waals surface area contributed by atoms with Gasteiger partial charge >= 0.3 is 12.0 Å². The Kier molecular flexibility index (Phi) is 7.44. The molecule has 9 nitrogen and oxygen atoms in total. The van der Waals surface area contributed by atoms with Gasteiger partial charge < -0.3 is 25.2 Å². The number of carboxylic acids is 1. The van der Waals surface area contributed by atoms with Gasteiger partial charge in [-0.15, -0.1) is 0 Å². The van der Waals surface area contributed by atoms with E-state index < -0.39 is 11.6 Å². The van der Waals surface area contributed by atoms with Crippen molar-refractivity contribution >= 4 is 28.6 Å². The summed E-state index contributed by atoms with van der Waals surface area (Å²) >= 11 is 0. The van der Waals surface area contributed by atoms with Crippen LogP contribution in [0.15, 0.2) is 66.9 Å². The molecule has 0 spiro atoms. The van der Waals surface area contributed by atoms with Gasteiger partial charge in [-0.1, -0.05) is 13.8 Å². The molecule has 0 bridgehead atoms. The quantitative estimate of drug-likeness (QED) is 0.259. The van der Waals surface area contributed by atoms with Gasteiger partial charge in [0.25, 0.3) is 0 Å². The Hall–Kier alpha value is -4.44. The monoisotopic (exact) mass is 546 g/mol. The predicted molar refractivity (Wildman–Crippen MR) is 149 cm³/mol. The maximum atomic E-state index is 13.6. The van der Waals surface area contributed by atoms with Crippen LogP contribution in [0.5, 0.6) is 11.5 Å². The number of nitrogens with zero attached hydrogens (tertiary/aromatic N) is 3. The van der Waals surface area contributed by atoms with Crippen LogP contribution in [0.1, 0.15) is 43.5 Å². The van der Waals surface area contributed by atoms with Gasteiger partial charge in [0.05, 0.1) is 34.3 Å². The minimum atomic E-state index is -1.04. The number of urea groups is 1. The number of carboxylic acid groups (broad SMARTS) is 1. The van der Waals surface area contributed by atoms with Crippen molar-refractivity contribution in [1.82, 2.24) is 14.7 Å². The van der Waals surface area contributed by atoms with Crippen molar-refractivity contribution in [3.05, 3.63) is 78.2 Å². The van der Waals surface area contributed by atoms with Crippen LogP contribution in [0.3, 0.4) is 0 Å². The SMILES string of the molecule is CC(C)CC1(O)CCN(C(=O)Nc2cc(Oc3ccc(C(=O)O)cc3)cc3c2cnn3-c2ccc(F)cc2)CC1. The number of carbonyl (C=O) groups excluding carboxylic acids is 1. The number of ether oxygens (including phenoxy) is 1. The highest BCUT2D eigenvalue weighted by molar-refractivity contribution is 6.01. The number of halogens is 1. The first kappa shape index (κ1) is 27.1. The highest BCUT2D eigenvalue weighted by Gasteiger charge is 2.34. The van der Waals surface area contributed by atoms with Crippen molar-refractivity contribution in [2.24, 2.45) is 5.92 Å². The highest BCUT2D eigenvalue weighted by Crippen LogP contribution is 2.34. The molecule has 0 unspecified atom stereocenters. The number of piperidine rings is 1. The number of amides is 2. The van der Waals surface area contributed by atoms with Crippen LogP contribution in [-0.2, 0) is 0 Å². The lowest BCUT2D eigenvalue weighted by Crippen LogP contribution is -2.48. The summed E-state index contributed by atoms with van der Waals surface area (Å²) in [5, 5.41) is 28.2. The van der Waals surface area contributed by atoms with Gasteiger partial charge in [-0.3, -0.25) is 0 Å². The van der Waals surface area contributed by atoms with Crippen LogP contribution in [0.2, 0.25) is 0 Å². The number of carbonyl (C=O) groups is 2. The van der Waals surface area contributed by atoms with E-state index in [1.165, 1.54) is 24.3 Å². The summed E-state index contributed by atoms with van der Waals surface area (Å²) in [6, 6.07) is 15.0. The average Bonchev–Trinajstić information content (AvgIpc) is 3.33. The molecular weight excluding hydrogens is 515 g/mol. The van der Waals surface area contributed by atoms with Gasteiger partial charge in [0.15, 0.2) is 0 Å². The standard InChI is InChI=1S/C30H31FN4O5/c1-19(2)17-30(39)11-13-34(14-12-30)29(38)33-26-15-24(40-23-9-3-20(4-10-23)28(36)37)16-27-25(26)18-32-35(27)22-7-5-21(31)6-8-22/h3-10,15-16,18-19,39H,11-14,17H2,1-2H3,(H,33,38)(H,36,37). The van der Waals surface area contributed by atoms with Crippen LogP contribution in [0, 0.1) is 11.7 Å². The van der Waals surface area contributed by atoms with Crippen molar-refractivity contribution < 1.29 is 28.9 Å². The molecule has 1 saturated heterocycles. The fourth-order valence-electron chi connectivity index (χ4n) is 5.14. The summed E-state index contributed by atoms with van der Waals surface area (Å²) in [5.41, 5.74) is 1.07. The summed E-state index contributed by atoms with van der Waals surface area (Å²) in [7, 11) is 0. The van der Waals surface area contributed by atoms with Crippen molar-refractivity contribution in [3.63, 3.8) is 0 Å². The third-order valence-corrected chi connectivity index (χ3v) is 7.08. The van der Waals surface area contributed by atoms with Crippen LogP contribution < -0.4 is 10.1 Å². The first-order valence-electron chi connectivity index (χ1n) is 13.2. The molecule has 10 heteroatoms. The largest absolute Gasteiger partial charge is 0.478 e. The molecular formula is C30H31FN4O5. The number of likely N-dealkylation sites (tertiary alicyclic amines) is 1. The molecule has 1 aliphatic rings. The lowest BCUT2D eigenvalue weighted by molar-refractivity contribution is -0.0268. The van der Waals surface area contributed by atoms with E-state index >= 15 is 0 Å². The zero-order valence-corrected chi connectivity index (χ0v) is 22.3. The van der Waals surface area contributed by atoms with Gasteiger partial charge in [-0.25, -0.2) is 18.7 Å². The predicted octanol–water partition coefficient (Wildman–Crippen LogP) is 6.06. The lowest BCUT2D eigenvalue weighted by atomic mass is 9.84. The van der Waals surface area contributed by atoms with E-state index in [4.69, 9.17) is 4.74 Å². The van der Waals surface area contributed by atoms with Crippen LogP contribution >= 0.6 is 0 Å². The number of nitrogens with one attached hydrogen (secondary N) is 1. The number of anilines is 1. The van der Waals surface area contributed by atoms with Crippen LogP contribution in [-0.4, -0.2) is 55.6 Å². The number of fused-ring (bicyclic) bond motifs is 1. The number of hydrogen-bond donors (Lipinski definition) is 3. The number of aromatic nitrogens is 2. The molecule has 5 rings (SSSR count). The van der Waals surface area contributed by atoms with E-state index in [1.54, 1.807) is 52.2 Å². The number of benzene rings is 3. The summed E-state index contributed by atoms with van der Waals surface area (Å²) in [6.07, 6.45) is 3.33. The second kappa shape index (κ2) is 11.0. The summed E-state index contributed by atoms with van der Waals surface area (Å²) < 4.78 is 21.2. The summed E-state index contributed by atoms with van der Waals surface area (Å²) in [6.45, 7) is 5.01. The Bertz CT molecular complexity index is 1520. The third-order valence-electron chi connectivity index (χ3n) is 7.08. The molecule has 4 aromatic rings. The molecule has 208 valence electrons. The van der Waals surface area contributed by atoms with E-state index in [0.29, 0.717) is 72.0 Å². The Labute approximate surface area is 230 Å². The fraction of sp³-hybridized carbons (Fsp3) is 0.300. The zero-order valence-electron chi connectivity index (χ0n) is 22.3. The number of aromatic carboxylic acids is 1. The van der Waals surface area contributed by atoms with E-state index in [1.807, 2.05) is 0 Å². The smallest absolute Gasteiger partial charge is 0.335 e. The van der Waals surface area contributed by atoms with E-state index in [0.717, 1.165) is 0 Å². The average molecular weight is 547 g/mol. The Morgan fingerprint density at radius 3 is 2.35 bits per heavy atom. The van der Waals surface area contributed by atoms with Crippen molar-refractivity contribution in [3.8, 4) is 17.2 Å². The number of aliphatic hydroxyl groups is 1. The second-order valence-electron chi connectivity index (χ2n) is 10.6. The van der Waals surface area contributed by atoms with Crippen molar-refractivity contribution in [2.45, 2.75) is 38.7 Å². The lowest BCUT2D eigenvalue weighted by Gasteiger charge is -2.39. The minimum Gasteiger partial charge on any atom is -0.478 e. The minimum absolute atomic E-state index is 0.131. The second-order valence-corrected chi connectivity index (χ2v) is 10.6. The Morgan fingerprint density at radius 2 is 1.73 bits per heavy atom. The molecule has 0 atom stereocenters. The highest BCUT2D eigenvalue weighted by atomic mass is 19.1. The fourth-order valence-corrected chi connectivity index (χ4v) is 5.14. The van der Waals surface area contributed by atoms with Crippen molar-refractivity contribution in [2.75, 3.05) is 18.4 Å². The molecule has 1 fully saturated rings. The van der Waals surface area contributed by atoms with E-state index in [2.05, 4.69) is 24.3 Å². The zero-order chi connectivity index (χ0) is 28.4. The van der Waals surface area contributed by atoms with E-state index in [9.17, 15) is 24.2 Å². The molecule has 0 radical (unpaired) electrons. The molecule has 3 aromatic carbocycles. The molecule has 0 saturated carbocycles. The maximum Gasteiger partial charge on any atom is 0.335 e. The first-order valence-corrected chi connectivity index (χ1v) is 13.2. The molecule has 0 aliphatic carbocycles. The molecule has 2 amide bonds. The molecule has 1 aromatic heterocycles. The van der Waals surface area contributed by atoms with Crippen molar-refractivity contribution in [1.29, 1.82) is 0 Å². The molecule has 40 heavy (non-hydrogen) atoms. The van der Waals surface area contributed by atoms with Crippen LogP contribution in [0.4, 0.5) is 14.9 Å². The van der Waals surface area contributed by atoms with Gasteiger partial charge in [0.1, 0.15) is 17.3 Å². The maximum absolute atomic E-state index is 13.6. The first-order chi connectivity index (χ1) is 19.1. The van der Waals surface area contributed by atoms with E-state index in [-0.39, 0.29) is 17.4 Å². The Morgan fingerprint density at radius 1 is 1.05 bits per heavy atom. The molecule has 1 aliphatic heterocycles. The normalized spacial score (nSPS) is 14.9. The number of hydrogen-bond acceptors (Lipinski definition) is 5. The van der Waals surface area contributed by atoms with Gasteiger partial charge in [-0.2, -0.15) is 5.10 Å². The van der Waals surface area contributed by atoms with Gasteiger partial charge in [0, 0.05) is 30.6 Å². The third kappa shape index (κ3) is 5.91. The number of rotatable bonds is 7. The Balaban J connectivity index is 1.45. The molecule has 3 N–H and O–H groups in total.